The van der Waals surface area contributed by atoms with Crippen LogP contribution in [-0.2, 0) is 4.74 Å². The van der Waals surface area contributed by atoms with Crippen LogP contribution in [-0.4, -0.2) is 62.0 Å². The first kappa shape index (κ1) is 25.9. The van der Waals surface area contributed by atoms with Crippen LogP contribution in [0.2, 0.25) is 5.02 Å². The first-order chi connectivity index (χ1) is 17.6. The Morgan fingerprint density at radius 3 is 2.70 bits per heavy atom. The van der Waals surface area contributed by atoms with Crippen molar-refractivity contribution in [2.45, 2.75) is 38.7 Å². The molecule has 2 aromatic heterocycles. The van der Waals surface area contributed by atoms with Crippen molar-refractivity contribution in [1.82, 2.24) is 25.3 Å². The summed E-state index contributed by atoms with van der Waals surface area (Å²) in [6, 6.07) is 10.9. The lowest BCUT2D eigenvalue weighted by Gasteiger charge is -2.21. The van der Waals surface area contributed by atoms with Gasteiger partial charge in [-0.3, -0.25) is 5.32 Å². The van der Waals surface area contributed by atoms with Crippen molar-refractivity contribution in [2.24, 2.45) is 4.99 Å². The Hall–Kier alpha value is -4.19. The van der Waals surface area contributed by atoms with E-state index in [0.717, 1.165) is 5.69 Å². The average molecular weight is 528 g/mol. The number of carbonyl (C=O) groups is 2. The third-order valence-corrected chi connectivity index (χ3v) is 5.58. The van der Waals surface area contributed by atoms with Gasteiger partial charge in [-0.05, 0) is 51.5 Å². The van der Waals surface area contributed by atoms with Crippen LogP contribution in [0.25, 0.3) is 11.4 Å². The highest BCUT2D eigenvalue weighted by Gasteiger charge is 2.32. The Kier molecular flexibility index (Phi) is 7.58. The number of carbonyl (C=O) groups excluding carboxylic acids is 1. The summed E-state index contributed by atoms with van der Waals surface area (Å²) in [6.07, 6.45) is -0.0163. The number of para-hydroxylation sites is 1. The molecule has 1 fully saturated rings. The van der Waals surface area contributed by atoms with E-state index in [2.05, 4.69) is 30.8 Å². The molecule has 0 radical (unpaired) electrons. The summed E-state index contributed by atoms with van der Waals surface area (Å²) in [7, 11) is 0. The predicted molar refractivity (Wildman–Crippen MR) is 136 cm³/mol. The van der Waals surface area contributed by atoms with Gasteiger partial charge in [0.1, 0.15) is 11.4 Å². The van der Waals surface area contributed by atoms with E-state index in [0.29, 0.717) is 47.6 Å². The smallest absolute Gasteiger partial charge is 0.437 e. The number of likely N-dealkylation sites (tertiary alicyclic amines) is 1. The Bertz CT molecular complexity index is 1300. The maximum Gasteiger partial charge on any atom is 0.437 e. The minimum Gasteiger partial charge on any atom is -0.465 e. The van der Waals surface area contributed by atoms with Gasteiger partial charge in [-0.1, -0.05) is 28.9 Å². The fourth-order valence-electron chi connectivity index (χ4n) is 3.62. The molecule has 12 nitrogen and oxygen atoms in total. The van der Waals surface area contributed by atoms with Gasteiger partial charge in [0, 0.05) is 24.8 Å². The summed E-state index contributed by atoms with van der Waals surface area (Å²) in [6.45, 7) is 5.84. The van der Waals surface area contributed by atoms with Crippen molar-refractivity contribution in [3.8, 4) is 11.4 Å². The lowest BCUT2D eigenvalue weighted by Crippen LogP contribution is -2.43. The van der Waals surface area contributed by atoms with Crippen molar-refractivity contribution in [1.29, 1.82) is 0 Å². The van der Waals surface area contributed by atoms with E-state index in [4.69, 9.17) is 20.9 Å². The molecule has 3 N–H and O–H groups in total. The van der Waals surface area contributed by atoms with E-state index >= 15 is 0 Å². The van der Waals surface area contributed by atoms with Crippen LogP contribution in [0.3, 0.4) is 0 Å². The number of nitrogens with zero attached hydrogens (tertiary/aromatic N) is 5. The molecule has 0 bridgehead atoms. The Balaban J connectivity index is 1.43. The van der Waals surface area contributed by atoms with Gasteiger partial charge < -0.3 is 24.6 Å². The van der Waals surface area contributed by atoms with E-state index in [1.807, 2.05) is 24.3 Å². The zero-order valence-corrected chi connectivity index (χ0v) is 21.2. The topological polar surface area (TPSA) is 155 Å². The van der Waals surface area contributed by atoms with E-state index in [9.17, 15) is 14.7 Å². The molecule has 37 heavy (non-hydrogen) atoms. The molecular formula is C24H26ClN7O5. The molecule has 194 valence electrons. The number of aromatic nitrogens is 3. The molecule has 1 aliphatic heterocycles. The average Bonchev–Trinajstić information content (AvgIpc) is 3.49. The number of guanidine groups is 1. The van der Waals surface area contributed by atoms with Gasteiger partial charge in [-0.2, -0.15) is 4.98 Å². The number of benzene rings is 1. The van der Waals surface area contributed by atoms with Gasteiger partial charge in [-0.25, -0.2) is 14.6 Å². The number of ether oxygens (including phenoxy) is 1. The monoisotopic (exact) mass is 527 g/mol. The quantitative estimate of drug-likeness (QED) is 0.316. The lowest BCUT2D eigenvalue weighted by atomic mass is 10.1. The second-order valence-corrected chi connectivity index (χ2v) is 9.68. The maximum atomic E-state index is 12.1. The third kappa shape index (κ3) is 6.94. The summed E-state index contributed by atoms with van der Waals surface area (Å²) in [5.41, 5.74) is 0.638. The number of anilines is 2. The van der Waals surface area contributed by atoms with Gasteiger partial charge in [0.2, 0.25) is 17.7 Å². The van der Waals surface area contributed by atoms with Crippen molar-refractivity contribution in [2.75, 3.05) is 18.4 Å². The van der Waals surface area contributed by atoms with Crippen molar-refractivity contribution >= 4 is 41.3 Å². The van der Waals surface area contributed by atoms with Crippen molar-refractivity contribution in [3.63, 3.8) is 0 Å². The number of pyridine rings is 1. The molecule has 2 amide bonds. The fourth-order valence-corrected chi connectivity index (χ4v) is 3.80. The van der Waals surface area contributed by atoms with Gasteiger partial charge in [-0.15, -0.1) is 4.99 Å². The largest absolute Gasteiger partial charge is 0.465 e. The molecule has 1 aromatic carbocycles. The molecule has 4 rings (SSSR count). The Labute approximate surface area is 217 Å². The first-order valence-electron chi connectivity index (χ1n) is 11.5. The fraction of sp³-hybridized carbons (Fsp3) is 0.333. The highest BCUT2D eigenvalue weighted by atomic mass is 35.5. The van der Waals surface area contributed by atoms with Crippen LogP contribution >= 0.6 is 11.6 Å². The molecule has 1 unspecified atom stereocenters. The number of halogens is 1. The minimum absolute atomic E-state index is 0.116. The summed E-state index contributed by atoms with van der Waals surface area (Å²) < 4.78 is 10.7. The van der Waals surface area contributed by atoms with E-state index < -0.39 is 17.8 Å². The third-order valence-electron chi connectivity index (χ3n) is 5.25. The number of hydrogen-bond acceptors (Lipinski definition) is 8. The zero-order valence-electron chi connectivity index (χ0n) is 20.4. The molecule has 0 saturated carbocycles. The van der Waals surface area contributed by atoms with Crippen LogP contribution in [0.15, 0.2) is 52.1 Å². The molecule has 3 aromatic rings. The van der Waals surface area contributed by atoms with Crippen LogP contribution in [0, 0.1) is 0 Å². The molecule has 1 saturated heterocycles. The summed E-state index contributed by atoms with van der Waals surface area (Å²) in [5, 5.41) is 19.2. The lowest BCUT2D eigenvalue weighted by molar-refractivity contribution is 0.0601. The van der Waals surface area contributed by atoms with Gasteiger partial charge in [0.25, 0.3) is 0 Å². The number of hydrogen-bond donors (Lipinski definition) is 3. The predicted octanol–water partition coefficient (Wildman–Crippen LogP) is 4.88. The van der Waals surface area contributed by atoms with Gasteiger partial charge in [0.15, 0.2) is 0 Å². The number of amides is 2. The van der Waals surface area contributed by atoms with E-state index in [1.54, 1.807) is 44.0 Å². The SMILES string of the molecule is CC(C)(C)OC(=O)N=C(NC(=O)O)N1CCC(c2nc(-c3ccc(Nc4ccccc4Cl)nc3)no2)C1. The second-order valence-electron chi connectivity index (χ2n) is 9.27. The minimum atomic E-state index is -1.34. The number of nitrogens with one attached hydrogen (secondary N) is 2. The highest BCUT2D eigenvalue weighted by Crippen LogP contribution is 2.29. The molecular weight excluding hydrogens is 502 g/mol. The molecule has 1 atom stereocenters. The molecule has 0 aliphatic carbocycles. The van der Waals surface area contributed by atoms with Gasteiger partial charge in [0.05, 0.1) is 16.6 Å². The molecule has 3 heterocycles. The van der Waals surface area contributed by atoms with Crippen molar-refractivity contribution in [3.05, 3.63) is 53.5 Å². The standard InChI is InChI=1S/C24H26ClN7O5/c1-24(2,3)36-23(35)30-21(29-22(33)34)32-11-10-15(13-32)20-28-19(31-37-20)14-8-9-18(26-12-14)27-17-7-5-4-6-16(17)25/h4-9,12,15H,10-11,13H2,1-3H3,(H,26,27)(H,33,34)(H,29,30,35). The van der Waals surface area contributed by atoms with Gasteiger partial charge >= 0.3 is 12.2 Å². The van der Waals surface area contributed by atoms with Crippen LogP contribution in [0.4, 0.5) is 21.1 Å². The van der Waals surface area contributed by atoms with E-state index in [1.165, 1.54) is 0 Å². The Morgan fingerprint density at radius 1 is 1.24 bits per heavy atom. The summed E-state index contributed by atoms with van der Waals surface area (Å²) in [4.78, 5) is 37.7. The molecule has 1 aliphatic rings. The molecule has 0 spiro atoms. The Morgan fingerprint density at radius 2 is 2.03 bits per heavy atom. The van der Waals surface area contributed by atoms with E-state index in [-0.39, 0.29) is 11.9 Å². The van der Waals surface area contributed by atoms with Crippen molar-refractivity contribution < 1.29 is 24.0 Å². The second kappa shape index (κ2) is 10.8. The van der Waals surface area contributed by atoms with Crippen LogP contribution in [0.5, 0.6) is 0 Å². The first-order valence-corrected chi connectivity index (χ1v) is 11.8. The number of carboxylic acid groups (broad SMARTS) is 1. The molecule has 13 heteroatoms. The number of rotatable bonds is 4. The van der Waals surface area contributed by atoms with Crippen LogP contribution < -0.4 is 10.6 Å². The van der Waals surface area contributed by atoms with Crippen LogP contribution in [0.1, 0.15) is 39.0 Å². The maximum absolute atomic E-state index is 12.1. The summed E-state index contributed by atoms with van der Waals surface area (Å²) >= 11 is 6.18. The zero-order chi connectivity index (χ0) is 26.6. The summed E-state index contributed by atoms with van der Waals surface area (Å²) in [5.74, 6) is 1.07. The highest BCUT2D eigenvalue weighted by molar-refractivity contribution is 6.33. The normalized spacial score (nSPS) is 15.9. The number of aliphatic imine (C=N–C) groups is 1.